The Balaban J connectivity index is 2.45. The van der Waals surface area contributed by atoms with Crippen LogP contribution >= 0.6 is 0 Å². The minimum Gasteiger partial charge on any atom is -0.496 e. The Morgan fingerprint density at radius 2 is 2.04 bits per heavy atom. The molecule has 25 heavy (non-hydrogen) atoms. The zero-order valence-electron chi connectivity index (χ0n) is 13.0. The topological polar surface area (TPSA) is 103 Å². The number of methoxy groups -OCH3 is 1. The number of hydrogen-bond acceptors (Lipinski definition) is 5. The first-order chi connectivity index (χ1) is 11.9. The van der Waals surface area contributed by atoms with Crippen LogP contribution in [0.25, 0.3) is 22.1 Å². The Morgan fingerprint density at radius 1 is 1.32 bits per heavy atom. The number of halogens is 1. The molecule has 2 aromatic carbocycles. The molecule has 3 aromatic rings. The summed E-state index contributed by atoms with van der Waals surface area (Å²) in [6.45, 7) is 0. The highest BCUT2D eigenvalue weighted by atomic mass is 19.1. The molecule has 1 aromatic heterocycles. The van der Waals surface area contributed by atoms with Gasteiger partial charge >= 0.3 is 11.9 Å². The summed E-state index contributed by atoms with van der Waals surface area (Å²) in [4.78, 5) is 21.7. The Kier molecular flexibility index (Phi) is 4.10. The van der Waals surface area contributed by atoms with Gasteiger partial charge in [0, 0.05) is 11.1 Å². The molecule has 0 amide bonds. The van der Waals surface area contributed by atoms with Gasteiger partial charge in [-0.05, 0) is 12.1 Å². The number of benzene rings is 2. The maximum Gasteiger partial charge on any atom is 0.442 e. The van der Waals surface area contributed by atoms with E-state index in [1.54, 1.807) is 0 Å². The number of furan rings is 1. The van der Waals surface area contributed by atoms with E-state index in [-0.39, 0.29) is 33.4 Å². The molecule has 0 radical (unpaired) electrons. The van der Waals surface area contributed by atoms with Crippen LogP contribution < -0.4 is 4.74 Å². The lowest BCUT2D eigenvalue weighted by atomic mass is 10.00. The molecule has 0 spiro atoms. The number of rotatable bonds is 5. The Hall–Kier alpha value is -3.42. The number of carboxylic acids is 1. The van der Waals surface area contributed by atoms with Crippen molar-refractivity contribution in [1.29, 1.82) is 0 Å². The third-order valence-electron chi connectivity index (χ3n) is 3.73. The van der Waals surface area contributed by atoms with Crippen LogP contribution in [0.3, 0.4) is 0 Å². The van der Waals surface area contributed by atoms with E-state index < -0.39 is 29.0 Å². The van der Waals surface area contributed by atoms with Crippen LogP contribution in [0.1, 0.15) is 5.56 Å². The van der Waals surface area contributed by atoms with Crippen LogP contribution in [0.5, 0.6) is 5.75 Å². The Bertz CT molecular complexity index is 994. The number of hydrogen-bond donors (Lipinski definition) is 1. The number of carbonyl (C=O) groups is 1. The lowest BCUT2D eigenvalue weighted by Gasteiger charge is -2.06. The number of nitro groups is 1. The maximum absolute atomic E-state index is 14.3. The van der Waals surface area contributed by atoms with Crippen LogP contribution in [-0.4, -0.2) is 23.1 Å². The maximum atomic E-state index is 14.3. The minimum atomic E-state index is -1.13. The summed E-state index contributed by atoms with van der Waals surface area (Å²) in [6.07, 6.45) is -0.401. The second-order valence-electron chi connectivity index (χ2n) is 5.22. The second kappa shape index (κ2) is 6.23. The predicted octanol–water partition coefficient (Wildman–Crippen LogP) is 3.78. The predicted molar refractivity (Wildman–Crippen MR) is 86.2 cm³/mol. The largest absolute Gasteiger partial charge is 0.496 e. The molecule has 0 aliphatic carbocycles. The van der Waals surface area contributed by atoms with Crippen molar-refractivity contribution in [3.63, 3.8) is 0 Å². The summed E-state index contributed by atoms with van der Waals surface area (Å²) in [6, 6.07) is 8.48. The van der Waals surface area contributed by atoms with E-state index in [9.17, 15) is 19.3 Å². The highest BCUT2D eigenvalue weighted by Crippen LogP contribution is 2.45. The van der Waals surface area contributed by atoms with Crippen molar-refractivity contribution in [3.05, 3.63) is 57.9 Å². The average molecular weight is 345 g/mol. The van der Waals surface area contributed by atoms with Gasteiger partial charge in [0.15, 0.2) is 0 Å². The SMILES string of the molecule is COc1ccc(CC(=O)O)c2oc([N+](=O)[O-])c(-c3ccccc3F)c12. The molecule has 0 saturated heterocycles. The first-order valence-corrected chi connectivity index (χ1v) is 7.17. The molecule has 128 valence electrons. The van der Waals surface area contributed by atoms with Crippen molar-refractivity contribution in [2.24, 2.45) is 0 Å². The van der Waals surface area contributed by atoms with E-state index in [1.165, 1.54) is 43.5 Å². The van der Waals surface area contributed by atoms with Crippen molar-refractivity contribution in [3.8, 4) is 16.9 Å². The third kappa shape index (κ3) is 2.78. The minimum absolute atomic E-state index is 0.00768. The summed E-state index contributed by atoms with van der Waals surface area (Å²) >= 11 is 0. The summed E-state index contributed by atoms with van der Waals surface area (Å²) in [5.41, 5.74) is 0.113. The van der Waals surface area contributed by atoms with Crippen molar-refractivity contribution >= 4 is 22.8 Å². The number of carboxylic acid groups (broad SMARTS) is 1. The molecule has 0 aliphatic heterocycles. The van der Waals surface area contributed by atoms with Crippen LogP contribution in [0, 0.1) is 15.9 Å². The summed E-state index contributed by atoms with van der Waals surface area (Å²) in [7, 11) is 1.36. The highest BCUT2D eigenvalue weighted by molar-refractivity contribution is 6.04. The molecule has 7 nitrogen and oxygen atoms in total. The van der Waals surface area contributed by atoms with Gasteiger partial charge in [-0.3, -0.25) is 14.9 Å². The fraction of sp³-hybridized carbons (Fsp3) is 0.118. The molecule has 8 heteroatoms. The first kappa shape index (κ1) is 16.4. The third-order valence-corrected chi connectivity index (χ3v) is 3.73. The molecule has 0 saturated carbocycles. The fourth-order valence-corrected chi connectivity index (χ4v) is 2.73. The molecule has 0 atom stereocenters. The normalized spacial score (nSPS) is 10.8. The van der Waals surface area contributed by atoms with Gasteiger partial charge in [-0.25, -0.2) is 4.39 Å². The van der Waals surface area contributed by atoms with Crippen molar-refractivity contribution in [2.45, 2.75) is 6.42 Å². The zero-order chi connectivity index (χ0) is 18.1. The second-order valence-corrected chi connectivity index (χ2v) is 5.22. The van der Waals surface area contributed by atoms with Gasteiger partial charge in [0.1, 0.15) is 27.6 Å². The number of ether oxygens (including phenoxy) is 1. The van der Waals surface area contributed by atoms with Gasteiger partial charge in [-0.15, -0.1) is 0 Å². The van der Waals surface area contributed by atoms with Gasteiger partial charge in [0.2, 0.25) is 0 Å². The van der Waals surface area contributed by atoms with Crippen molar-refractivity contribution in [1.82, 2.24) is 0 Å². The van der Waals surface area contributed by atoms with E-state index in [0.29, 0.717) is 0 Å². The van der Waals surface area contributed by atoms with Crippen LogP contribution in [0.15, 0.2) is 40.8 Å². The molecule has 0 aliphatic rings. The van der Waals surface area contributed by atoms with E-state index in [2.05, 4.69) is 0 Å². The molecule has 0 bridgehead atoms. The Morgan fingerprint density at radius 3 is 2.64 bits per heavy atom. The molecule has 0 fully saturated rings. The summed E-state index contributed by atoms with van der Waals surface area (Å²) in [5.74, 6) is -2.24. The highest BCUT2D eigenvalue weighted by Gasteiger charge is 2.31. The molecule has 1 N–H and O–H groups in total. The van der Waals surface area contributed by atoms with Gasteiger partial charge in [-0.2, -0.15) is 0 Å². The average Bonchev–Trinajstić information content (AvgIpc) is 2.96. The fourth-order valence-electron chi connectivity index (χ4n) is 2.73. The van der Waals surface area contributed by atoms with Crippen LogP contribution in [0.4, 0.5) is 10.3 Å². The lowest BCUT2D eigenvalue weighted by Crippen LogP contribution is -2.00. The van der Waals surface area contributed by atoms with Crippen LogP contribution in [0.2, 0.25) is 0 Å². The van der Waals surface area contributed by atoms with Gasteiger partial charge in [0.05, 0.1) is 18.9 Å². The van der Waals surface area contributed by atoms with E-state index in [0.717, 1.165) is 0 Å². The van der Waals surface area contributed by atoms with E-state index in [1.807, 2.05) is 0 Å². The monoisotopic (exact) mass is 345 g/mol. The lowest BCUT2D eigenvalue weighted by molar-refractivity contribution is -0.400. The quantitative estimate of drug-likeness (QED) is 0.557. The van der Waals surface area contributed by atoms with Gasteiger partial charge < -0.3 is 14.3 Å². The molecule has 0 unspecified atom stereocenters. The smallest absolute Gasteiger partial charge is 0.442 e. The number of fused-ring (bicyclic) bond motifs is 1. The summed E-state index contributed by atoms with van der Waals surface area (Å²) in [5, 5.41) is 20.6. The number of aliphatic carboxylic acids is 1. The van der Waals surface area contributed by atoms with E-state index in [4.69, 9.17) is 14.3 Å². The van der Waals surface area contributed by atoms with Gasteiger partial charge in [-0.1, -0.05) is 24.3 Å². The number of nitrogens with zero attached hydrogens (tertiary/aromatic N) is 1. The zero-order valence-corrected chi connectivity index (χ0v) is 13.0. The van der Waals surface area contributed by atoms with Crippen LogP contribution in [-0.2, 0) is 11.2 Å². The van der Waals surface area contributed by atoms with Crippen molar-refractivity contribution in [2.75, 3.05) is 7.11 Å². The molecule has 1 heterocycles. The molecular formula is C17H12FNO6. The summed E-state index contributed by atoms with van der Waals surface area (Å²) < 4.78 is 24.8. The molecule has 3 rings (SSSR count). The first-order valence-electron chi connectivity index (χ1n) is 7.17. The van der Waals surface area contributed by atoms with E-state index >= 15 is 0 Å². The standard InChI is InChI=1S/C17H12FNO6/c1-24-12-7-6-9(8-13(20)21)16-15(12)14(17(25-16)19(22)23)10-4-2-3-5-11(10)18/h2-7H,8H2,1H3,(H,20,21). The van der Waals surface area contributed by atoms with Crippen molar-refractivity contribution < 1.29 is 28.4 Å². The Labute approximate surface area is 140 Å². The molecular weight excluding hydrogens is 333 g/mol. The van der Waals surface area contributed by atoms with Gasteiger partial charge in [0.25, 0.3) is 0 Å².